The van der Waals surface area contributed by atoms with Crippen molar-refractivity contribution in [3.63, 3.8) is 0 Å². The van der Waals surface area contributed by atoms with Crippen LogP contribution in [0.1, 0.15) is 30.4 Å². The summed E-state index contributed by atoms with van der Waals surface area (Å²) in [7, 11) is 0. The van der Waals surface area contributed by atoms with Crippen LogP contribution < -0.4 is 21.3 Å². The van der Waals surface area contributed by atoms with Gasteiger partial charge in [-0.3, -0.25) is 28.9 Å². The van der Waals surface area contributed by atoms with Gasteiger partial charge in [0, 0.05) is 13.0 Å². The topological polar surface area (TPSA) is 188 Å². The van der Waals surface area contributed by atoms with Crippen molar-refractivity contribution in [2.45, 2.75) is 56.5 Å². The molecule has 0 aliphatic carbocycles. The molecule has 1 unspecified atom stereocenters. The second-order valence-corrected chi connectivity index (χ2v) is 8.68. The van der Waals surface area contributed by atoms with E-state index in [-0.39, 0.29) is 25.8 Å². The van der Waals surface area contributed by atoms with E-state index in [4.69, 9.17) is 10.8 Å². The van der Waals surface area contributed by atoms with Crippen LogP contribution in [0.5, 0.6) is 0 Å². The Hall–Kier alpha value is -3.51. The summed E-state index contributed by atoms with van der Waals surface area (Å²) >= 11 is 0. The molecule has 0 spiro atoms. The predicted molar refractivity (Wildman–Crippen MR) is 115 cm³/mol. The Morgan fingerprint density at radius 3 is 2.56 bits per heavy atom. The van der Waals surface area contributed by atoms with E-state index in [2.05, 4.69) is 15.4 Å². The van der Waals surface area contributed by atoms with Crippen LogP contribution in [0.4, 0.5) is 5.69 Å². The van der Waals surface area contributed by atoms with Crippen molar-refractivity contribution in [3.8, 4) is 0 Å². The van der Waals surface area contributed by atoms with E-state index in [0.717, 1.165) is 11.1 Å². The molecule has 34 heavy (non-hydrogen) atoms. The minimum atomic E-state index is -1.47. The zero-order valence-electron chi connectivity index (χ0n) is 18.2. The maximum atomic E-state index is 13.6. The summed E-state index contributed by atoms with van der Waals surface area (Å²) in [5.41, 5.74) is 7.81. The van der Waals surface area contributed by atoms with E-state index >= 15 is 0 Å². The van der Waals surface area contributed by atoms with Crippen molar-refractivity contribution in [3.05, 3.63) is 29.3 Å². The molecule has 3 heterocycles. The lowest BCUT2D eigenvalue weighted by Crippen LogP contribution is -2.57. The van der Waals surface area contributed by atoms with E-state index in [1.54, 1.807) is 0 Å². The van der Waals surface area contributed by atoms with Crippen molar-refractivity contribution in [1.29, 1.82) is 0 Å². The number of nitrogens with two attached hydrogens (primary N) is 1. The predicted octanol–water partition coefficient (Wildman–Crippen LogP) is -1.82. The first-order chi connectivity index (χ1) is 16.2. The third-order valence-electron chi connectivity index (χ3n) is 6.41. The fourth-order valence-corrected chi connectivity index (χ4v) is 4.70. The summed E-state index contributed by atoms with van der Waals surface area (Å²) in [6, 6.07) is 2.64. The number of esters is 1. The van der Waals surface area contributed by atoms with Crippen molar-refractivity contribution >= 4 is 35.3 Å². The van der Waals surface area contributed by atoms with E-state index in [1.165, 1.54) is 4.90 Å². The third-order valence-corrected chi connectivity index (χ3v) is 6.41. The number of cyclic esters (lactones) is 1. The van der Waals surface area contributed by atoms with E-state index in [1.807, 2.05) is 18.2 Å². The van der Waals surface area contributed by atoms with Crippen LogP contribution >= 0.6 is 0 Å². The summed E-state index contributed by atoms with van der Waals surface area (Å²) in [5, 5.41) is 24.1. The number of hydrogen-bond acceptors (Lipinski definition) is 8. The first-order valence-corrected chi connectivity index (χ1v) is 11.0. The number of amides is 3. The number of aliphatic hydroxyl groups is 1. The van der Waals surface area contributed by atoms with Crippen LogP contribution in [0.3, 0.4) is 0 Å². The van der Waals surface area contributed by atoms with Gasteiger partial charge in [-0.25, -0.2) is 0 Å². The van der Waals surface area contributed by atoms with Gasteiger partial charge in [-0.15, -0.1) is 0 Å². The molecule has 12 heteroatoms. The normalized spacial score (nSPS) is 26.4. The standard InChI is InChI=1S/C22H26N4O8/c23-9-12(7-16(27)28)19(30)24-13-5-4-10-2-1-3-11-6-15(26(18(10)11)21(13)32)20(31)25-14-8-17(29)34-22(14)33/h1-3,12-15,22,33H,4-9,23H2,(H,24,30)(H,25,31)(H,27,28)/t12-,13+,14+,15+,22?/m1/s1. The van der Waals surface area contributed by atoms with Crippen molar-refractivity contribution < 1.29 is 38.9 Å². The number of anilines is 1. The maximum Gasteiger partial charge on any atom is 0.310 e. The summed E-state index contributed by atoms with van der Waals surface area (Å²) in [6.45, 7) is -0.192. The van der Waals surface area contributed by atoms with Crippen LogP contribution in [-0.4, -0.2) is 70.8 Å². The van der Waals surface area contributed by atoms with Crippen LogP contribution in [0.25, 0.3) is 0 Å². The number of carboxylic acid groups (broad SMARTS) is 1. The molecule has 0 bridgehead atoms. The molecular weight excluding hydrogens is 448 g/mol. The Morgan fingerprint density at radius 2 is 1.91 bits per heavy atom. The molecule has 3 aliphatic rings. The fourth-order valence-electron chi connectivity index (χ4n) is 4.70. The van der Waals surface area contributed by atoms with Crippen molar-refractivity contribution in [1.82, 2.24) is 10.6 Å². The number of aliphatic hydroxyl groups excluding tert-OH is 1. The van der Waals surface area contributed by atoms with E-state index < -0.39 is 66.4 Å². The van der Waals surface area contributed by atoms with Gasteiger partial charge in [0.25, 0.3) is 0 Å². The Morgan fingerprint density at radius 1 is 1.18 bits per heavy atom. The molecular formula is C22H26N4O8. The number of carbonyl (C=O) groups excluding carboxylic acids is 4. The molecule has 3 amide bonds. The second kappa shape index (κ2) is 9.39. The quantitative estimate of drug-likeness (QED) is 0.283. The third kappa shape index (κ3) is 4.46. The number of aryl methyl sites for hydroxylation is 1. The highest BCUT2D eigenvalue weighted by atomic mass is 16.6. The molecule has 4 rings (SSSR count). The number of para-hydroxylation sites is 1. The number of hydrogen-bond donors (Lipinski definition) is 5. The largest absolute Gasteiger partial charge is 0.481 e. The second-order valence-electron chi connectivity index (χ2n) is 8.68. The zero-order valence-corrected chi connectivity index (χ0v) is 18.2. The molecule has 0 aromatic heterocycles. The van der Waals surface area contributed by atoms with Gasteiger partial charge >= 0.3 is 11.9 Å². The Labute approximate surface area is 194 Å². The highest BCUT2D eigenvalue weighted by Crippen LogP contribution is 2.39. The minimum absolute atomic E-state index is 0.186. The number of rotatable bonds is 7. The molecule has 1 aromatic carbocycles. The molecule has 1 saturated heterocycles. The molecule has 0 saturated carbocycles. The Kier molecular flexibility index (Phi) is 6.53. The summed E-state index contributed by atoms with van der Waals surface area (Å²) in [6.07, 6.45) is -1.17. The molecule has 5 atom stereocenters. The van der Waals surface area contributed by atoms with Crippen LogP contribution in [0, 0.1) is 5.92 Å². The Balaban J connectivity index is 1.57. The van der Waals surface area contributed by atoms with Gasteiger partial charge in [0.05, 0.1) is 24.4 Å². The van der Waals surface area contributed by atoms with Crippen LogP contribution in [0.2, 0.25) is 0 Å². The van der Waals surface area contributed by atoms with Crippen molar-refractivity contribution in [2.75, 3.05) is 11.4 Å². The lowest BCUT2D eigenvalue weighted by atomic mass is 10.00. The monoisotopic (exact) mass is 474 g/mol. The van der Waals surface area contributed by atoms with Gasteiger partial charge in [0.15, 0.2) is 0 Å². The molecule has 1 fully saturated rings. The number of ether oxygens (including phenoxy) is 1. The highest BCUT2D eigenvalue weighted by Gasteiger charge is 2.45. The number of nitrogens with zero attached hydrogens (tertiary/aromatic N) is 1. The minimum Gasteiger partial charge on any atom is -0.481 e. The van der Waals surface area contributed by atoms with Gasteiger partial charge in [-0.2, -0.15) is 0 Å². The molecule has 1 aromatic rings. The molecule has 3 aliphatic heterocycles. The zero-order chi connectivity index (χ0) is 24.6. The molecule has 0 radical (unpaired) electrons. The fraction of sp³-hybridized carbons (Fsp3) is 0.500. The van der Waals surface area contributed by atoms with E-state index in [0.29, 0.717) is 12.1 Å². The number of carbonyl (C=O) groups is 5. The first kappa shape index (κ1) is 23.6. The molecule has 182 valence electrons. The molecule has 12 nitrogen and oxygen atoms in total. The van der Waals surface area contributed by atoms with Crippen LogP contribution in [-0.2, 0) is 41.6 Å². The van der Waals surface area contributed by atoms with Gasteiger partial charge in [0.1, 0.15) is 18.1 Å². The lowest BCUT2D eigenvalue weighted by molar-refractivity contribution is -0.155. The summed E-state index contributed by atoms with van der Waals surface area (Å²) in [5.74, 6) is -4.51. The summed E-state index contributed by atoms with van der Waals surface area (Å²) < 4.78 is 4.67. The average Bonchev–Trinajstić information content (AvgIpc) is 3.29. The Bertz CT molecular complexity index is 1040. The van der Waals surface area contributed by atoms with Gasteiger partial charge in [-0.05, 0) is 24.0 Å². The number of nitrogens with one attached hydrogen (secondary N) is 2. The maximum absolute atomic E-state index is 13.6. The highest BCUT2D eigenvalue weighted by molar-refractivity contribution is 6.08. The average molecular weight is 474 g/mol. The number of benzene rings is 1. The smallest absolute Gasteiger partial charge is 0.310 e. The van der Waals surface area contributed by atoms with Gasteiger partial charge in [-0.1, -0.05) is 18.2 Å². The number of carboxylic acids is 1. The van der Waals surface area contributed by atoms with Gasteiger partial charge < -0.3 is 31.3 Å². The lowest BCUT2D eigenvalue weighted by Gasteiger charge is -2.29. The molecule has 6 N–H and O–H groups in total. The first-order valence-electron chi connectivity index (χ1n) is 11.0. The number of aliphatic carboxylic acids is 1. The van der Waals surface area contributed by atoms with E-state index in [9.17, 15) is 29.1 Å². The summed E-state index contributed by atoms with van der Waals surface area (Å²) in [4.78, 5) is 63.2. The van der Waals surface area contributed by atoms with Crippen LogP contribution in [0.15, 0.2) is 18.2 Å². The van der Waals surface area contributed by atoms with Crippen molar-refractivity contribution in [2.24, 2.45) is 11.7 Å². The van der Waals surface area contributed by atoms with Gasteiger partial charge in [0.2, 0.25) is 24.0 Å². The SMILES string of the molecule is NC[C@@H](CC(=O)O)C(=O)N[C@H]1CCc2cccc3c2N(C1=O)[C@H](C(=O)N[C@H]1CC(=O)OC1O)C3.